The molecule has 2 unspecified atom stereocenters. The Balaban J connectivity index is 1.96. The minimum Gasteiger partial charge on any atom is -0.486 e. The van der Waals surface area contributed by atoms with Gasteiger partial charge in [0, 0.05) is 28.3 Å². The molecule has 0 saturated carbocycles. The molecule has 0 aromatic heterocycles. The molecule has 2 nitrogen and oxygen atoms in total. The SMILES string of the molecule is CNC1CC2(CCCSC2)Oc2ccc(Br)cc21. The lowest BCUT2D eigenvalue weighted by Gasteiger charge is -2.44. The van der Waals surface area contributed by atoms with Gasteiger partial charge in [-0.05, 0) is 43.8 Å². The highest BCUT2D eigenvalue weighted by Crippen LogP contribution is 2.45. The molecule has 4 heteroatoms. The van der Waals surface area contributed by atoms with Crippen LogP contribution in [0.4, 0.5) is 0 Å². The molecule has 0 aliphatic carbocycles. The maximum absolute atomic E-state index is 6.37. The quantitative estimate of drug-likeness (QED) is 0.848. The van der Waals surface area contributed by atoms with Crippen molar-refractivity contribution in [3.8, 4) is 5.75 Å². The fraction of sp³-hybridized carbons (Fsp3) is 0.571. The van der Waals surface area contributed by atoms with Crippen LogP contribution in [0, 0.1) is 0 Å². The number of nitrogens with one attached hydrogen (secondary N) is 1. The zero-order valence-corrected chi connectivity index (χ0v) is 12.9. The molecule has 2 aliphatic heterocycles. The van der Waals surface area contributed by atoms with E-state index < -0.39 is 0 Å². The van der Waals surface area contributed by atoms with Crippen molar-refractivity contribution in [3.63, 3.8) is 0 Å². The number of hydrogen-bond acceptors (Lipinski definition) is 3. The Hall–Kier alpha value is -0.190. The Kier molecular flexibility index (Phi) is 3.61. The zero-order chi connectivity index (χ0) is 12.6. The summed E-state index contributed by atoms with van der Waals surface area (Å²) in [5, 5.41) is 3.45. The molecule has 1 spiro atoms. The van der Waals surface area contributed by atoms with E-state index in [1.54, 1.807) is 0 Å². The first-order chi connectivity index (χ1) is 8.72. The van der Waals surface area contributed by atoms with Crippen molar-refractivity contribution < 1.29 is 4.74 Å². The summed E-state index contributed by atoms with van der Waals surface area (Å²) >= 11 is 5.58. The second kappa shape index (κ2) is 5.06. The lowest BCUT2D eigenvalue weighted by Crippen LogP contribution is -2.47. The van der Waals surface area contributed by atoms with Crippen LogP contribution in [0.1, 0.15) is 30.9 Å². The van der Waals surface area contributed by atoms with Gasteiger partial charge in [-0.25, -0.2) is 0 Å². The van der Waals surface area contributed by atoms with Crippen molar-refractivity contribution in [1.29, 1.82) is 0 Å². The first-order valence-electron chi connectivity index (χ1n) is 6.46. The second-order valence-electron chi connectivity index (χ2n) is 5.17. The second-order valence-corrected chi connectivity index (χ2v) is 7.19. The summed E-state index contributed by atoms with van der Waals surface area (Å²) in [4.78, 5) is 0. The summed E-state index contributed by atoms with van der Waals surface area (Å²) < 4.78 is 7.49. The molecule has 1 saturated heterocycles. The number of ether oxygens (including phenoxy) is 1. The highest BCUT2D eigenvalue weighted by molar-refractivity contribution is 9.10. The number of rotatable bonds is 1. The molecule has 0 bridgehead atoms. The molecule has 2 aliphatic rings. The van der Waals surface area contributed by atoms with Gasteiger partial charge in [0.15, 0.2) is 0 Å². The van der Waals surface area contributed by atoms with Gasteiger partial charge in [-0.3, -0.25) is 0 Å². The van der Waals surface area contributed by atoms with Crippen molar-refractivity contribution in [2.75, 3.05) is 18.6 Å². The van der Waals surface area contributed by atoms with E-state index >= 15 is 0 Å². The van der Waals surface area contributed by atoms with Crippen LogP contribution < -0.4 is 10.1 Å². The third-order valence-corrected chi connectivity index (χ3v) is 5.69. The van der Waals surface area contributed by atoms with Gasteiger partial charge < -0.3 is 10.1 Å². The highest BCUT2D eigenvalue weighted by atomic mass is 79.9. The Bertz CT molecular complexity index is 445. The van der Waals surface area contributed by atoms with E-state index in [1.165, 1.54) is 24.2 Å². The Morgan fingerprint density at radius 1 is 1.50 bits per heavy atom. The van der Waals surface area contributed by atoms with Gasteiger partial charge in [0.05, 0.1) is 0 Å². The van der Waals surface area contributed by atoms with Crippen LogP contribution in [0.25, 0.3) is 0 Å². The fourth-order valence-corrected chi connectivity index (χ4v) is 4.53. The molecule has 18 heavy (non-hydrogen) atoms. The maximum atomic E-state index is 6.37. The number of hydrogen-bond donors (Lipinski definition) is 1. The molecular formula is C14H18BrNOS. The van der Waals surface area contributed by atoms with Crippen LogP contribution in [0.2, 0.25) is 0 Å². The summed E-state index contributed by atoms with van der Waals surface area (Å²) in [6.45, 7) is 0. The molecular weight excluding hydrogens is 310 g/mol. The Morgan fingerprint density at radius 3 is 3.11 bits per heavy atom. The van der Waals surface area contributed by atoms with Crippen molar-refractivity contribution in [2.45, 2.75) is 30.9 Å². The van der Waals surface area contributed by atoms with Gasteiger partial charge in [0.1, 0.15) is 11.4 Å². The van der Waals surface area contributed by atoms with Crippen molar-refractivity contribution in [1.82, 2.24) is 5.32 Å². The molecule has 2 atom stereocenters. The van der Waals surface area contributed by atoms with E-state index in [-0.39, 0.29) is 5.60 Å². The minimum atomic E-state index is 0.0530. The monoisotopic (exact) mass is 327 g/mol. The van der Waals surface area contributed by atoms with Crippen LogP contribution in [0.5, 0.6) is 5.75 Å². The fourth-order valence-electron chi connectivity index (χ4n) is 2.97. The zero-order valence-electron chi connectivity index (χ0n) is 10.5. The average Bonchev–Trinajstić information content (AvgIpc) is 2.39. The molecule has 1 N–H and O–H groups in total. The van der Waals surface area contributed by atoms with Crippen molar-refractivity contribution in [3.05, 3.63) is 28.2 Å². The number of thioether (sulfide) groups is 1. The van der Waals surface area contributed by atoms with Crippen LogP contribution in [0.15, 0.2) is 22.7 Å². The summed E-state index contributed by atoms with van der Waals surface area (Å²) in [5.41, 5.74) is 1.34. The minimum absolute atomic E-state index is 0.0530. The van der Waals surface area contributed by atoms with Crippen LogP contribution in [-0.4, -0.2) is 24.2 Å². The van der Waals surface area contributed by atoms with E-state index in [9.17, 15) is 0 Å². The molecule has 0 amide bonds. The lowest BCUT2D eigenvalue weighted by molar-refractivity contribution is 0.0425. The highest BCUT2D eigenvalue weighted by Gasteiger charge is 2.41. The third-order valence-electron chi connectivity index (χ3n) is 3.88. The number of halogens is 1. The number of fused-ring (bicyclic) bond motifs is 1. The molecule has 3 rings (SSSR count). The summed E-state index contributed by atoms with van der Waals surface area (Å²) in [6, 6.07) is 6.76. The van der Waals surface area contributed by atoms with E-state index in [0.717, 1.165) is 22.4 Å². The predicted molar refractivity (Wildman–Crippen MR) is 80.5 cm³/mol. The lowest BCUT2D eigenvalue weighted by atomic mass is 9.85. The predicted octanol–water partition coefficient (Wildman–Crippen LogP) is 3.76. The molecule has 1 fully saturated rings. The molecule has 1 aromatic rings. The standard InChI is InChI=1S/C14H18BrNOS/c1-16-12-8-14(5-2-6-18-9-14)17-13-4-3-10(15)7-11(12)13/h3-4,7,12,16H,2,5-6,8-9H2,1H3. The van der Waals surface area contributed by atoms with E-state index in [2.05, 4.69) is 39.4 Å². The van der Waals surface area contributed by atoms with E-state index in [4.69, 9.17) is 4.74 Å². The van der Waals surface area contributed by atoms with E-state index in [0.29, 0.717) is 6.04 Å². The topological polar surface area (TPSA) is 21.3 Å². The normalized spacial score (nSPS) is 30.9. The van der Waals surface area contributed by atoms with Gasteiger partial charge in [-0.15, -0.1) is 0 Å². The van der Waals surface area contributed by atoms with Gasteiger partial charge >= 0.3 is 0 Å². The maximum Gasteiger partial charge on any atom is 0.125 e. The Morgan fingerprint density at radius 2 is 2.39 bits per heavy atom. The number of benzene rings is 1. The van der Waals surface area contributed by atoms with Gasteiger partial charge in [0.2, 0.25) is 0 Å². The summed E-state index contributed by atoms with van der Waals surface area (Å²) in [6.07, 6.45) is 3.54. The Labute approximate surface area is 121 Å². The first kappa shape index (κ1) is 12.8. The smallest absolute Gasteiger partial charge is 0.125 e. The average molecular weight is 328 g/mol. The molecule has 98 valence electrons. The van der Waals surface area contributed by atoms with Crippen LogP contribution in [0.3, 0.4) is 0 Å². The van der Waals surface area contributed by atoms with Gasteiger partial charge in [0.25, 0.3) is 0 Å². The molecule has 2 heterocycles. The largest absolute Gasteiger partial charge is 0.486 e. The van der Waals surface area contributed by atoms with Gasteiger partial charge in [-0.2, -0.15) is 11.8 Å². The van der Waals surface area contributed by atoms with Crippen LogP contribution >= 0.6 is 27.7 Å². The van der Waals surface area contributed by atoms with Crippen molar-refractivity contribution in [2.24, 2.45) is 0 Å². The first-order valence-corrected chi connectivity index (χ1v) is 8.41. The third kappa shape index (κ3) is 2.30. The van der Waals surface area contributed by atoms with Crippen molar-refractivity contribution >= 4 is 27.7 Å². The van der Waals surface area contributed by atoms with Crippen LogP contribution in [-0.2, 0) is 0 Å². The summed E-state index contributed by atoms with van der Waals surface area (Å²) in [5.74, 6) is 3.47. The molecule has 0 radical (unpaired) electrons. The van der Waals surface area contributed by atoms with Gasteiger partial charge in [-0.1, -0.05) is 15.9 Å². The summed E-state index contributed by atoms with van der Waals surface area (Å²) in [7, 11) is 2.05. The van der Waals surface area contributed by atoms with E-state index in [1.807, 2.05) is 18.8 Å². The molecule has 1 aromatic carbocycles.